The molecular weight excluding hydrogens is 224 g/mol. The molecule has 2 nitrogen and oxygen atoms in total. The third kappa shape index (κ3) is 3.82. The minimum atomic E-state index is -0.241. The molecule has 2 unspecified atom stereocenters. The summed E-state index contributed by atoms with van der Waals surface area (Å²) in [5.74, 6) is 0. The average Bonchev–Trinajstić information content (AvgIpc) is 2.84. The van der Waals surface area contributed by atoms with Crippen molar-refractivity contribution in [2.75, 3.05) is 6.61 Å². The Bertz CT molecular complexity index is 381. The first-order valence-electron chi connectivity index (χ1n) is 7.01. The lowest BCUT2D eigenvalue weighted by atomic mass is 9.97. The highest BCUT2D eigenvalue weighted by Gasteiger charge is 2.17. The Morgan fingerprint density at radius 1 is 1.39 bits per heavy atom. The molecular formula is C16H24O2. The Morgan fingerprint density at radius 3 is 2.94 bits per heavy atom. The standard InChI is InChI=1S/C16H24O2/c1-12-5-6-13(2)14(10-12)11-15(17)7-8-16-4-3-9-18-16/h5-6,10,15-17H,3-4,7-9,11H2,1-2H3. The normalized spacial score (nSPS) is 21.2. The van der Waals surface area contributed by atoms with Gasteiger partial charge in [-0.05, 0) is 57.1 Å². The van der Waals surface area contributed by atoms with Crippen molar-refractivity contribution in [2.45, 2.75) is 58.2 Å². The van der Waals surface area contributed by atoms with Crippen LogP contribution in [-0.2, 0) is 11.2 Å². The molecule has 0 saturated carbocycles. The van der Waals surface area contributed by atoms with Crippen molar-refractivity contribution in [3.8, 4) is 0 Å². The number of rotatable bonds is 5. The molecule has 0 bridgehead atoms. The zero-order valence-corrected chi connectivity index (χ0v) is 11.5. The highest BCUT2D eigenvalue weighted by Crippen LogP contribution is 2.20. The van der Waals surface area contributed by atoms with Gasteiger partial charge < -0.3 is 9.84 Å². The number of ether oxygens (including phenoxy) is 1. The molecule has 2 atom stereocenters. The number of aliphatic hydroxyl groups is 1. The molecule has 100 valence electrons. The number of aliphatic hydroxyl groups excluding tert-OH is 1. The van der Waals surface area contributed by atoms with E-state index in [2.05, 4.69) is 32.0 Å². The van der Waals surface area contributed by atoms with E-state index in [1.54, 1.807) is 0 Å². The molecule has 2 rings (SSSR count). The molecule has 0 aromatic heterocycles. The first kappa shape index (κ1) is 13.6. The minimum Gasteiger partial charge on any atom is -0.393 e. The topological polar surface area (TPSA) is 29.5 Å². The summed E-state index contributed by atoms with van der Waals surface area (Å²) >= 11 is 0. The fraction of sp³-hybridized carbons (Fsp3) is 0.625. The van der Waals surface area contributed by atoms with Crippen molar-refractivity contribution in [3.05, 3.63) is 34.9 Å². The third-order valence-electron chi connectivity index (χ3n) is 3.81. The van der Waals surface area contributed by atoms with Crippen LogP contribution in [0.2, 0.25) is 0 Å². The maximum Gasteiger partial charge on any atom is 0.0581 e. The number of benzene rings is 1. The number of hydrogen-bond acceptors (Lipinski definition) is 2. The van der Waals surface area contributed by atoms with E-state index < -0.39 is 0 Å². The first-order chi connectivity index (χ1) is 8.65. The fourth-order valence-electron chi connectivity index (χ4n) is 2.63. The molecule has 1 saturated heterocycles. The molecule has 2 heteroatoms. The predicted octanol–water partition coefficient (Wildman–Crippen LogP) is 3.17. The lowest BCUT2D eigenvalue weighted by Crippen LogP contribution is -2.15. The molecule has 1 aromatic carbocycles. The van der Waals surface area contributed by atoms with Gasteiger partial charge in [0.05, 0.1) is 12.2 Å². The largest absolute Gasteiger partial charge is 0.393 e. The minimum absolute atomic E-state index is 0.241. The smallest absolute Gasteiger partial charge is 0.0581 e. The maximum absolute atomic E-state index is 10.1. The van der Waals surface area contributed by atoms with Crippen LogP contribution >= 0.6 is 0 Å². The monoisotopic (exact) mass is 248 g/mol. The summed E-state index contributed by atoms with van der Waals surface area (Å²) in [7, 11) is 0. The third-order valence-corrected chi connectivity index (χ3v) is 3.81. The molecule has 0 spiro atoms. The molecule has 0 aliphatic carbocycles. The van der Waals surface area contributed by atoms with Crippen LogP contribution in [0.3, 0.4) is 0 Å². The van der Waals surface area contributed by atoms with Crippen LogP contribution in [0, 0.1) is 13.8 Å². The van der Waals surface area contributed by atoms with E-state index in [1.165, 1.54) is 23.1 Å². The number of aryl methyl sites for hydroxylation is 2. The highest BCUT2D eigenvalue weighted by atomic mass is 16.5. The van der Waals surface area contributed by atoms with E-state index in [9.17, 15) is 5.11 Å². The molecule has 18 heavy (non-hydrogen) atoms. The Labute approximate surface area is 110 Å². The molecule has 1 aliphatic rings. The molecule has 1 aliphatic heterocycles. The second kappa shape index (κ2) is 6.35. The van der Waals surface area contributed by atoms with Crippen molar-refractivity contribution in [3.63, 3.8) is 0 Å². The summed E-state index contributed by atoms with van der Waals surface area (Å²) in [6, 6.07) is 6.44. The zero-order valence-electron chi connectivity index (χ0n) is 11.5. The summed E-state index contributed by atoms with van der Waals surface area (Å²) < 4.78 is 5.59. The molecule has 1 N–H and O–H groups in total. The molecule has 0 radical (unpaired) electrons. The van der Waals surface area contributed by atoms with Gasteiger partial charge in [0.25, 0.3) is 0 Å². The summed E-state index contributed by atoms with van der Waals surface area (Å²) in [5, 5.41) is 10.1. The van der Waals surface area contributed by atoms with Gasteiger partial charge in [-0.2, -0.15) is 0 Å². The Morgan fingerprint density at radius 2 is 2.22 bits per heavy atom. The average molecular weight is 248 g/mol. The van der Waals surface area contributed by atoms with Crippen LogP contribution in [0.5, 0.6) is 0 Å². The summed E-state index contributed by atoms with van der Waals surface area (Å²) in [6.45, 7) is 5.11. The van der Waals surface area contributed by atoms with Gasteiger partial charge in [-0.3, -0.25) is 0 Å². The van der Waals surface area contributed by atoms with Gasteiger partial charge in [-0.1, -0.05) is 23.8 Å². The van der Waals surface area contributed by atoms with Crippen molar-refractivity contribution < 1.29 is 9.84 Å². The van der Waals surface area contributed by atoms with Gasteiger partial charge in [-0.25, -0.2) is 0 Å². The van der Waals surface area contributed by atoms with Gasteiger partial charge in [0.1, 0.15) is 0 Å². The van der Waals surface area contributed by atoms with Gasteiger partial charge in [0.15, 0.2) is 0 Å². The maximum atomic E-state index is 10.1. The van der Waals surface area contributed by atoms with Gasteiger partial charge in [-0.15, -0.1) is 0 Å². The van der Waals surface area contributed by atoms with Crippen LogP contribution in [0.4, 0.5) is 0 Å². The van der Waals surface area contributed by atoms with Crippen molar-refractivity contribution in [1.29, 1.82) is 0 Å². The first-order valence-corrected chi connectivity index (χ1v) is 7.01. The SMILES string of the molecule is Cc1ccc(C)c(CC(O)CCC2CCCO2)c1. The van der Waals surface area contributed by atoms with Crippen LogP contribution in [0.15, 0.2) is 18.2 Å². The Kier molecular flexibility index (Phi) is 4.79. The zero-order chi connectivity index (χ0) is 13.0. The fourth-order valence-corrected chi connectivity index (χ4v) is 2.63. The Hall–Kier alpha value is -0.860. The van der Waals surface area contributed by atoms with E-state index in [0.717, 1.165) is 32.3 Å². The van der Waals surface area contributed by atoms with Gasteiger partial charge in [0, 0.05) is 6.61 Å². The lowest BCUT2D eigenvalue weighted by Gasteiger charge is -2.15. The van der Waals surface area contributed by atoms with E-state index in [4.69, 9.17) is 4.74 Å². The van der Waals surface area contributed by atoms with E-state index in [0.29, 0.717) is 6.10 Å². The van der Waals surface area contributed by atoms with Crippen LogP contribution < -0.4 is 0 Å². The molecule has 1 fully saturated rings. The molecule has 1 aromatic rings. The van der Waals surface area contributed by atoms with E-state index in [1.807, 2.05) is 0 Å². The summed E-state index contributed by atoms with van der Waals surface area (Å²) in [4.78, 5) is 0. The van der Waals surface area contributed by atoms with Crippen molar-refractivity contribution >= 4 is 0 Å². The lowest BCUT2D eigenvalue weighted by molar-refractivity contribution is 0.0813. The van der Waals surface area contributed by atoms with Crippen LogP contribution in [0.25, 0.3) is 0 Å². The van der Waals surface area contributed by atoms with Crippen LogP contribution in [-0.4, -0.2) is 23.9 Å². The second-order valence-electron chi connectivity index (χ2n) is 5.50. The summed E-state index contributed by atoms with van der Waals surface area (Å²) in [5.41, 5.74) is 3.81. The van der Waals surface area contributed by atoms with E-state index in [-0.39, 0.29) is 6.10 Å². The second-order valence-corrected chi connectivity index (χ2v) is 5.50. The highest BCUT2D eigenvalue weighted by molar-refractivity contribution is 5.30. The van der Waals surface area contributed by atoms with E-state index >= 15 is 0 Å². The predicted molar refractivity (Wildman–Crippen MR) is 73.8 cm³/mol. The number of hydrogen-bond donors (Lipinski definition) is 1. The molecule has 1 heterocycles. The van der Waals surface area contributed by atoms with Crippen molar-refractivity contribution in [2.24, 2.45) is 0 Å². The Balaban J connectivity index is 1.82. The van der Waals surface area contributed by atoms with Crippen molar-refractivity contribution in [1.82, 2.24) is 0 Å². The van der Waals surface area contributed by atoms with Gasteiger partial charge >= 0.3 is 0 Å². The van der Waals surface area contributed by atoms with Crippen LogP contribution in [0.1, 0.15) is 42.4 Å². The quantitative estimate of drug-likeness (QED) is 0.867. The molecule has 0 amide bonds. The van der Waals surface area contributed by atoms with Gasteiger partial charge in [0.2, 0.25) is 0 Å². The summed E-state index contributed by atoms with van der Waals surface area (Å²) in [6.07, 6.45) is 5.09.